The van der Waals surface area contributed by atoms with Crippen LogP contribution >= 0.6 is 15.9 Å². The third-order valence-electron chi connectivity index (χ3n) is 4.79. The van der Waals surface area contributed by atoms with E-state index in [1.807, 2.05) is 12.1 Å². The summed E-state index contributed by atoms with van der Waals surface area (Å²) in [5, 5.41) is 14.5. The van der Waals surface area contributed by atoms with E-state index in [1.54, 1.807) is 12.1 Å². The van der Waals surface area contributed by atoms with Crippen molar-refractivity contribution in [1.82, 2.24) is 0 Å². The van der Waals surface area contributed by atoms with Gasteiger partial charge in [-0.3, -0.25) is 10.1 Å². The quantitative estimate of drug-likeness (QED) is 0.449. The lowest BCUT2D eigenvalue weighted by atomic mass is 9.77. The zero-order valence-electron chi connectivity index (χ0n) is 12.3. The minimum Gasteiger partial charge on any atom is -0.378 e. The Labute approximate surface area is 142 Å². The summed E-state index contributed by atoms with van der Waals surface area (Å²) in [5.74, 6) is 0.852. The Hall–Kier alpha value is -2.14. The predicted octanol–water partition coefficient (Wildman–Crippen LogP) is 5.18. The molecular weight excluding hydrogens is 356 g/mol. The maximum Gasteiger partial charge on any atom is 0.269 e. The van der Waals surface area contributed by atoms with Gasteiger partial charge in [0.2, 0.25) is 0 Å². The number of rotatable bonds is 2. The van der Waals surface area contributed by atoms with Gasteiger partial charge in [0, 0.05) is 28.2 Å². The van der Waals surface area contributed by atoms with Crippen LogP contribution in [0.15, 0.2) is 59.1 Å². The number of nitro groups is 1. The number of hydrogen-bond donors (Lipinski definition) is 1. The molecule has 1 aliphatic heterocycles. The lowest BCUT2D eigenvalue weighted by Crippen LogP contribution is -2.29. The Morgan fingerprint density at radius 2 is 1.96 bits per heavy atom. The highest BCUT2D eigenvalue weighted by molar-refractivity contribution is 9.10. The topological polar surface area (TPSA) is 55.2 Å². The molecule has 1 aliphatic carbocycles. The Bertz CT molecular complexity index is 801. The van der Waals surface area contributed by atoms with E-state index < -0.39 is 0 Å². The van der Waals surface area contributed by atoms with Gasteiger partial charge in [-0.2, -0.15) is 0 Å². The minimum absolute atomic E-state index is 0.133. The number of nitrogens with zero attached hydrogens (tertiary/aromatic N) is 1. The minimum atomic E-state index is -0.357. The number of non-ortho nitro benzene ring substituents is 1. The third-order valence-corrected chi connectivity index (χ3v) is 5.28. The second-order valence-corrected chi connectivity index (χ2v) is 6.97. The fourth-order valence-corrected chi connectivity index (χ4v) is 4.06. The van der Waals surface area contributed by atoms with E-state index in [9.17, 15) is 10.1 Å². The summed E-state index contributed by atoms with van der Waals surface area (Å²) in [5.41, 5.74) is 3.69. The average molecular weight is 371 g/mol. The molecule has 116 valence electrons. The fourth-order valence-electron chi connectivity index (χ4n) is 3.70. The first-order chi connectivity index (χ1) is 11.1. The van der Waals surface area contributed by atoms with Crippen LogP contribution in [-0.2, 0) is 0 Å². The van der Waals surface area contributed by atoms with Crippen LogP contribution in [0.25, 0.3) is 0 Å². The van der Waals surface area contributed by atoms with Crippen molar-refractivity contribution in [3.63, 3.8) is 0 Å². The van der Waals surface area contributed by atoms with E-state index in [-0.39, 0.29) is 16.7 Å². The first kappa shape index (κ1) is 14.5. The standard InChI is InChI=1S/C18H15BrN2O2/c19-12-6-9-15-14-2-1-3-16(14)18(20-17(15)10-12)11-4-7-13(8-5-11)21(22)23/h1-2,4-10,14,16,18,20H,3H2/t14-,16+,18-/m0/s1. The molecule has 2 aliphatic rings. The Morgan fingerprint density at radius 1 is 1.17 bits per heavy atom. The van der Waals surface area contributed by atoms with Crippen LogP contribution in [0.1, 0.15) is 29.5 Å². The summed E-state index contributed by atoms with van der Waals surface area (Å²) in [6, 6.07) is 13.4. The molecule has 0 unspecified atom stereocenters. The lowest BCUT2D eigenvalue weighted by molar-refractivity contribution is -0.384. The molecule has 0 bridgehead atoms. The summed E-state index contributed by atoms with van der Waals surface area (Å²) < 4.78 is 1.05. The normalized spacial score (nSPS) is 24.7. The van der Waals surface area contributed by atoms with Crippen LogP contribution in [0.3, 0.4) is 0 Å². The Morgan fingerprint density at radius 3 is 2.70 bits per heavy atom. The van der Waals surface area contributed by atoms with Gasteiger partial charge in [0.1, 0.15) is 0 Å². The molecule has 0 saturated carbocycles. The lowest BCUT2D eigenvalue weighted by Gasteiger charge is -2.37. The van der Waals surface area contributed by atoms with E-state index in [0.717, 1.165) is 22.1 Å². The second-order valence-electron chi connectivity index (χ2n) is 6.06. The molecule has 0 spiro atoms. The van der Waals surface area contributed by atoms with Gasteiger partial charge in [0.25, 0.3) is 5.69 Å². The monoisotopic (exact) mass is 370 g/mol. The van der Waals surface area contributed by atoms with Gasteiger partial charge in [-0.25, -0.2) is 0 Å². The predicted molar refractivity (Wildman–Crippen MR) is 93.6 cm³/mol. The van der Waals surface area contributed by atoms with E-state index in [4.69, 9.17) is 0 Å². The van der Waals surface area contributed by atoms with Gasteiger partial charge < -0.3 is 5.32 Å². The fraction of sp³-hybridized carbons (Fsp3) is 0.222. The number of allylic oxidation sites excluding steroid dienone is 2. The summed E-state index contributed by atoms with van der Waals surface area (Å²) >= 11 is 3.53. The Balaban J connectivity index is 1.73. The number of anilines is 1. The summed E-state index contributed by atoms with van der Waals surface area (Å²) in [4.78, 5) is 10.5. The van der Waals surface area contributed by atoms with Gasteiger partial charge in [-0.1, -0.05) is 46.3 Å². The van der Waals surface area contributed by atoms with Crippen LogP contribution in [-0.4, -0.2) is 4.92 Å². The van der Waals surface area contributed by atoms with Crippen LogP contribution in [0, 0.1) is 16.0 Å². The molecule has 2 aromatic carbocycles. The number of hydrogen-bond acceptors (Lipinski definition) is 3. The zero-order valence-corrected chi connectivity index (χ0v) is 13.9. The van der Waals surface area contributed by atoms with E-state index in [1.165, 1.54) is 5.56 Å². The van der Waals surface area contributed by atoms with Crippen LogP contribution in [0.4, 0.5) is 11.4 Å². The molecule has 3 atom stereocenters. The Kier molecular flexibility index (Phi) is 3.45. The molecule has 1 N–H and O–H groups in total. The van der Waals surface area contributed by atoms with Crippen molar-refractivity contribution in [2.75, 3.05) is 5.32 Å². The van der Waals surface area contributed by atoms with Crippen molar-refractivity contribution in [3.8, 4) is 0 Å². The van der Waals surface area contributed by atoms with Crippen LogP contribution in [0.2, 0.25) is 0 Å². The number of halogens is 1. The molecule has 0 amide bonds. The van der Waals surface area contributed by atoms with Gasteiger partial charge in [0.05, 0.1) is 11.0 Å². The van der Waals surface area contributed by atoms with Gasteiger partial charge >= 0.3 is 0 Å². The smallest absolute Gasteiger partial charge is 0.269 e. The molecule has 0 aromatic heterocycles. The highest BCUT2D eigenvalue weighted by atomic mass is 79.9. The first-order valence-electron chi connectivity index (χ1n) is 7.60. The third kappa shape index (κ3) is 2.45. The SMILES string of the molecule is O=[N+]([O-])c1ccc([C@@H]2Nc3cc(Br)ccc3[C@@H]3C=CC[C@H]32)cc1. The molecule has 4 rings (SSSR count). The number of benzene rings is 2. The molecule has 0 radical (unpaired) electrons. The van der Waals surface area contributed by atoms with Crippen molar-refractivity contribution in [2.24, 2.45) is 5.92 Å². The summed E-state index contributed by atoms with van der Waals surface area (Å²) in [6.07, 6.45) is 5.55. The van der Waals surface area contributed by atoms with Crippen molar-refractivity contribution in [3.05, 3.63) is 80.3 Å². The van der Waals surface area contributed by atoms with E-state index in [0.29, 0.717) is 11.8 Å². The highest BCUT2D eigenvalue weighted by Gasteiger charge is 2.37. The summed E-state index contributed by atoms with van der Waals surface area (Å²) in [6.45, 7) is 0. The molecular formula is C18H15BrN2O2. The number of nitro benzene ring substituents is 1. The molecule has 0 saturated heterocycles. The number of nitrogens with one attached hydrogen (secondary N) is 1. The van der Waals surface area contributed by atoms with Crippen molar-refractivity contribution in [2.45, 2.75) is 18.4 Å². The van der Waals surface area contributed by atoms with Gasteiger partial charge in [-0.05, 0) is 35.6 Å². The average Bonchev–Trinajstić information content (AvgIpc) is 3.03. The molecule has 1 heterocycles. The van der Waals surface area contributed by atoms with Crippen LogP contribution < -0.4 is 5.32 Å². The summed E-state index contributed by atoms with van der Waals surface area (Å²) in [7, 11) is 0. The van der Waals surface area contributed by atoms with E-state index in [2.05, 4.69) is 51.6 Å². The van der Waals surface area contributed by atoms with Crippen molar-refractivity contribution < 1.29 is 4.92 Å². The highest BCUT2D eigenvalue weighted by Crippen LogP contribution is 2.50. The molecule has 0 fully saturated rings. The molecule has 5 heteroatoms. The molecule has 23 heavy (non-hydrogen) atoms. The van der Waals surface area contributed by atoms with Gasteiger partial charge in [-0.15, -0.1) is 0 Å². The first-order valence-corrected chi connectivity index (χ1v) is 8.40. The molecule has 2 aromatic rings. The number of fused-ring (bicyclic) bond motifs is 3. The largest absolute Gasteiger partial charge is 0.378 e. The molecule has 4 nitrogen and oxygen atoms in total. The van der Waals surface area contributed by atoms with Gasteiger partial charge in [0.15, 0.2) is 0 Å². The zero-order chi connectivity index (χ0) is 16.0. The maximum absolute atomic E-state index is 10.8. The van der Waals surface area contributed by atoms with Crippen molar-refractivity contribution in [1.29, 1.82) is 0 Å². The van der Waals surface area contributed by atoms with Crippen LogP contribution in [0.5, 0.6) is 0 Å². The maximum atomic E-state index is 10.8. The van der Waals surface area contributed by atoms with E-state index >= 15 is 0 Å². The second kappa shape index (κ2) is 5.49. The van der Waals surface area contributed by atoms with Crippen molar-refractivity contribution >= 4 is 27.3 Å².